The standard InChI is InChI=1S/C12H18N2O2S2.ClH/c1-10-9-14(8-7-13-10)18(15,16)12-6-4-3-5-11(12)17-2;/h3-6,10,13H,7-9H2,1-2H3;1H. The van der Waals surface area contributed by atoms with Crippen LogP contribution in [0.4, 0.5) is 0 Å². The van der Waals surface area contributed by atoms with Crippen LogP contribution in [-0.4, -0.2) is 44.7 Å². The number of thioether (sulfide) groups is 1. The Bertz CT molecular complexity index is 522. The highest BCUT2D eigenvalue weighted by Gasteiger charge is 2.29. The average molecular weight is 323 g/mol. The molecule has 1 heterocycles. The molecule has 7 heteroatoms. The lowest BCUT2D eigenvalue weighted by molar-refractivity contribution is 0.310. The molecule has 0 saturated carbocycles. The number of halogens is 1. The van der Waals surface area contributed by atoms with Crippen molar-refractivity contribution in [1.29, 1.82) is 0 Å². The van der Waals surface area contributed by atoms with Gasteiger partial charge in [0.2, 0.25) is 10.0 Å². The molecule has 4 nitrogen and oxygen atoms in total. The first-order valence-corrected chi connectivity index (χ1v) is 8.58. The summed E-state index contributed by atoms with van der Waals surface area (Å²) in [7, 11) is -3.37. The van der Waals surface area contributed by atoms with E-state index in [0.29, 0.717) is 24.5 Å². The second-order valence-electron chi connectivity index (χ2n) is 4.37. The number of nitrogens with zero attached hydrogens (tertiary/aromatic N) is 1. The number of piperazine rings is 1. The molecule has 1 fully saturated rings. The minimum Gasteiger partial charge on any atom is -0.312 e. The molecule has 0 spiro atoms. The molecule has 2 rings (SSSR count). The summed E-state index contributed by atoms with van der Waals surface area (Å²) >= 11 is 1.47. The zero-order chi connectivity index (χ0) is 13.2. The van der Waals surface area contributed by atoms with E-state index in [2.05, 4.69) is 5.32 Å². The summed E-state index contributed by atoms with van der Waals surface area (Å²) in [6.07, 6.45) is 1.90. The fourth-order valence-electron chi connectivity index (χ4n) is 2.09. The Morgan fingerprint density at radius 3 is 2.68 bits per heavy atom. The number of hydrogen-bond acceptors (Lipinski definition) is 4. The Morgan fingerprint density at radius 1 is 1.37 bits per heavy atom. The van der Waals surface area contributed by atoms with Crippen LogP contribution in [0.25, 0.3) is 0 Å². The van der Waals surface area contributed by atoms with E-state index in [4.69, 9.17) is 0 Å². The van der Waals surface area contributed by atoms with Crippen LogP contribution in [0.1, 0.15) is 6.92 Å². The largest absolute Gasteiger partial charge is 0.312 e. The Kier molecular flexibility index (Phi) is 6.14. The Hall–Kier alpha value is -0.270. The lowest BCUT2D eigenvalue weighted by atomic mass is 10.3. The van der Waals surface area contributed by atoms with Gasteiger partial charge in [0.15, 0.2) is 0 Å². The molecule has 0 aromatic heterocycles. The molecule has 1 saturated heterocycles. The third-order valence-corrected chi connectivity index (χ3v) is 5.87. The Morgan fingerprint density at radius 2 is 2.05 bits per heavy atom. The molecule has 1 aromatic carbocycles. The first kappa shape index (κ1) is 16.8. The molecule has 108 valence electrons. The van der Waals surface area contributed by atoms with Crippen molar-refractivity contribution in [2.24, 2.45) is 0 Å². The van der Waals surface area contributed by atoms with Gasteiger partial charge >= 0.3 is 0 Å². The predicted octanol–water partition coefficient (Wildman–Crippen LogP) is 1.81. The summed E-state index contributed by atoms with van der Waals surface area (Å²) in [5.41, 5.74) is 0. The van der Waals surface area contributed by atoms with Crippen LogP contribution in [0.5, 0.6) is 0 Å². The Labute approximate surface area is 125 Å². The van der Waals surface area contributed by atoms with E-state index in [-0.39, 0.29) is 18.4 Å². The van der Waals surface area contributed by atoms with Crippen molar-refractivity contribution in [3.8, 4) is 0 Å². The summed E-state index contributed by atoms with van der Waals surface area (Å²) in [6, 6.07) is 7.38. The number of rotatable bonds is 3. The van der Waals surface area contributed by atoms with E-state index in [1.54, 1.807) is 16.4 Å². The highest BCUT2D eigenvalue weighted by atomic mass is 35.5. The maximum Gasteiger partial charge on any atom is 0.244 e. The maximum absolute atomic E-state index is 12.6. The van der Waals surface area contributed by atoms with Gasteiger partial charge in [-0.3, -0.25) is 0 Å². The van der Waals surface area contributed by atoms with E-state index in [0.717, 1.165) is 4.90 Å². The fraction of sp³-hybridized carbons (Fsp3) is 0.500. The van der Waals surface area contributed by atoms with E-state index in [9.17, 15) is 8.42 Å². The van der Waals surface area contributed by atoms with Crippen molar-refractivity contribution in [1.82, 2.24) is 9.62 Å². The third kappa shape index (κ3) is 3.64. The minimum absolute atomic E-state index is 0. The topological polar surface area (TPSA) is 49.4 Å². The van der Waals surface area contributed by atoms with E-state index in [1.165, 1.54) is 11.8 Å². The second kappa shape index (κ2) is 6.95. The molecule has 0 amide bonds. The van der Waals surface area contributed by atoms with Gasteiger partial charge in [0.25, 0.3) is 0 Å². The monoisotopic (exact) mass is 322 g/mol. The second-order valence-corrected chi connectivity index (χ2v) is 7.12. The van der Waals surface area contributed by atoms with Gasteiger partial charge in [-0.05, 0) is 25.3 Å². The van der Waals surface area contributed by atoms with Crippen molar-refractivity contribution in [2.45, 2.75) is 22.8 Å². The van der Waals surface area contributed by atoms with Gasteiger partial charge in [-0.2, -0.15) is 4.31 Å². The summed E-state index contributed by atoms with van der Waals surface area (Å²) in [5, 5.41) is 3.25. The molecular formula is C12H19ClN2O2S2. The molecule has 1 atom stereocenters. The number of benzene rings is 1. The van der Waals surface area contributed by atoms with Crippen LogP contribution in [0, 0.1) is 0 Å². The van der Waals surface area contributed by atoms with Gasteiger partial charge in [-0.1, -0.05) is 12.1 Å². The fourth-order valence-corrected chi connectivity index (χ4v) is 4.74. The van der Waals surface area contributed by atoms with Crippen LogP contribution in [0.15, 0.2) is 34.1 Å². The molecule has 1 aliphatic rings. The van der Waals surface area contributed by atoms with Crippen molar-refractivity contribution in [3.63, 3.8) is 0 Å². The minimum atomic E-state index is -3.37. The van der Waals surface area contributed by atoms with Gasteiger partial charge < -0.3 is 5.32 Å². The van der Waals surface area contributed by atoms with Crippen LogP contribution < -0.4 is 5.32 Å². The van der Waals surface area contributed by atoms with Crippen LogP contribution >= 0.6 is 24.2 Å². The average Bonchev–Trinajstić information content (AvgIpc) is 2.38. The molecule has 0 radical (unpaired) electrons. The smallest absolute Gasteiger partial charge is 0.244 e. The zero-order valence-electron chi connectivity index (χ0n) is 11.0. The molecule has 1 aliphatic heterocycles. The Balaban J connectivity index is 0.00000180. The quantitative estimate of drug-likeness (QED) is 0.862. The van der Waals surface area contributed by atoms with Gasteiger partial charge in [-0.15, -0.1) is 24.2 Å². The number of sulfonamides is 1. The summed E-state index contributed by atoms with van der Waals surface area (Å²) in [6.45, 7) is 3.78. The van der Waals surface area contributed by atoms with E-state index >= 15 is 0 Å². The zero-order valence-corrected chi connectivity index (χ0v) is 13.4. The summed E-state index contributed by atoms with van der Waals surface area (Å²) in [4.78, 5) is 1.23. The maximum atomic E-state index is 12.6. The lowest BCUT2D eigenvalue weighted by Crippen LogP contribution is -2.51. The molecule has 19 heavy (non-hydrogen) atoms. The van der Waals surface area contributed by atoms with Crippen molar-refractivity contribution in [3.05, 3.63) is 24.3 Å². The summed E-state index contributed by atoms with van der Waals surface area (Å²) < 4.78 is 26.8. The molecule has 1 unspecified atom stereocenters. The SMILES string of the molecule is CSc1ccccc1S(=O)(=O)N1CCNC(C)C1.Cl. The van der Waals surface area contributed by atoms with E-state index < -0.39 is 10.0 Å². The van der Waals surface area contributed by atoms with Crippen LogP contribution in [0.2, 0.25) is 0 Å². The van der Waals surface area contributed by atoms with Gasteiger partial charge in [0.1, 0.15) is 0 Å². The molecule has 0 bridgehead atoms. The molecule has 0 aliphatic carbocycles. The number of hydrogen-bond donors (Lipinski definition) is 1. The van der Waals surface area contributed by atoms with E-state index in [1.807, 2.05) is 25.3 Å². The first-order chi connectivity index (χ1) is 8.55. The van der Waals surface area contributed by atoms with Crippen LogP contribution in [0.3, 0.4) is 0 Å². The molecule has 1 N–H and O–H groups in total. The van der Waals surface area contributed by atoms with Gasteiger partial charge in [0.05, 0.1) is 4.90 Å². The first-order valence-electron chi connectivity index (χ1n) is 5.92. The highest BCUT2D eigenvalue weighted by molar-refractivity contribution is 7.99. The normalized spacial score (nSPS) is 20.8. The van der Waals surface area contributed by atoms with Crippen molar-refractivity contribution in [2.75, 3.05) is 25.9 Å². The lowest BCUT2D eigenvalue weighted by Gasteiger charge is -2.31. The predicted molar refractivity (Wildman–Crippen MR) is 81.7 cm³/mol. The molecular weight excluding hydrogens is 304 g/mol. The number of nitrogens with one attached hydrogen (secondary N) is 1. The summed E-state index contributed by atoms with van der Waals surface area (Å²) in [5.74, 6) is 0. The highest BCUT2D eigenvalue weighted by Crippen LogP contribution is 2.27. The van der Waals surface area contributed by atoms with Gasteiger partial charge in [0, 0.05) is 30.6 Å². The molecule has 1 aromatic rings. The van der Waals surface area contributed by atoms with Crippen molar-refractivity contribution < 1.29 is 8.42 Å². The van der Waals surface area contributed by atoms with Crippen molar-refractivity contribution >= 4 is 34.2 Å². The van der Waals surface area contributed by atoms with Gasteiger partial charge in [-0.25, -0.2) is 8.42 Å². The third-order valence-electron chi connectivity index (χ3n) is 3.02. The van der Waals surface area contributed by atoms with Crippen LogP contribution in [-0.2, 0) is 10.0 Å².